The number of hydrogen-bond acceptors (Lipinski definition) is 2. The Morgan fingerprint density at radius 3 is 2.43 bits per heavy atom. The monoisotopic (exact) mass is 284 g/mol. The predicted octanol–water partition coefficient (Wildman–Crippen LogP) is 4.07. The highest BCUT2D eigenvalue weighted by Crippen LogP contribution is 2.36. The zero-order valence-electron chi connectivity index (χ0n) is 12.2. The maximum atomic E-state index is 10.9. The lowest BCUT2D eigenvalue weighted by molar-refractivity contribution is 0.0690. The van der Waals surface area contributed by atoms with Crippen molar-refractivity contribution in [2.24, 2.45) is 5.92 Å². The number of carboxylic acid groups (broad SMARTS) is 1. The average molecular weight is 284 g/mol. The molecule has 3 rings (SSSR count). The summed E-state index contributed by atoms with van der Waals surface area (Å²) in [6.45, 7) is 2.33. The van der Waals surface area contributed by atoms with E-state index < -0.39 is 5.97 Å². The average Bonchev–Trinajstić information content (AvgIpc) is 2.98. The van der Waals surface area contributed by atoms with Crippen LogP contribution in [0.3, 0.4) is 0 Å². The number of nitrogens with one attached hydrogen (secondary N) is 1. The van der Waals surface area contributed by atoms with E-state index in [2.05, 4.69) is 29.3 Å². The number of carboxylic acids is 1. The van der Waals surface area contributed by atoms with Crippen molar-refractivity contribution < 1.29 is 9.90 Å². The summed E-state index contributed by atoms with van der Waals surface area (Å²) in [7, 11) is 0. The first kappa shape index (κ1) is 13.9. The van der Waals surface area contributed by atoms with Crippen molar-refractivity contribution in [2.75, 3.05) is 0 Å². The van der Waals surface area contributed by atoms with Crippen molar-refractivity contribution in [3.63, 3.8) is 0 Å². The van der Waals surface area contributed by atoms with Gasteiger partial charge < -0.3 is 5.11 Å². The Labute approximate surface area is 124 Å². The topological polar surface area (TPSA) is 66.0 Å². The summed E-state index contributed by atoms with van der Waals surface area (Å²) < 4.78 is 0. The van der Waals surface area contributed by atoms with Crippen LogP contribution in [-0.2, 0) is 0 Å². The van der Waals surface area contributed by atoms with Crippen LogP contribution in [0.25, 0.3) is 11.3 Å². The third-order valence-corrected chi connectivity index (χ3v) is 4.50. The number of rotatable bonds is 3. The van der Waals surface area contributed by atoms with Gasteiger partial charge in [0, 0.05) is 5.56 Å². The summed E-state index contributed by atoms with van der Waals surface area (Å²) in [6.07, 6.45) is 5.17. The number of aromatic amines is 1. The van der Waals surface area contributed by atoms with Crippen LogP contribution in [0.5, 0.6) is 0 Å². The number of carbonyl (C=O) groups is 1. The molecule has 0 aliphatic heterocycles. The number of hydrogen-bond donors (Lipinski definition) is 2. The van der Waals surface area contributed by atoms with Crippen LogP contribution in [-0.4, -0.2) is 21.3 Å². The van der Waals surface area contributed by atoms with Gasteiger partial charge in [0.2, 0.25) is 0 Å². The van der Waals surface area contributed by atoms with Gasteiger partial charge in [0.05, 0.1) is 5.69 Å². The summed E-state index contributed by atoms with van der Waals surface area (Å²) in [6, 6.07) is 9.96. The molecule has 1 aromatic heterocycles. The maximum absolute atomic E-state index is 10.9. The highest BCUT2D eigenvalue weighted by molar-refractivity contribution is 5.86. The summed E-state index contributed by atoms with van der Waals surface area (Å²) in [5.74, 6) is 0.546. The van der Waals surface area contributed by atoms with Crippen LogP contribution < -0.4 is 0 Å². The SMILES string of the molecule is CC1CCC(c2ccc(-c3cc(C(=O)O)[nH]n3)cc2)CC1. The van der Waals surface area contributed by atoms with Gasteiger partial charge in [-0.25, -0.2) is 4.79 Å². The van der Waals surface area contributed by atoms with Crippen LogP contribution in [0, 0.1) is 5.92 Å². The number of aromatic nitrogens is 2. The molecular weight excluding hydrogens is 264 g/mol. The number of nitrogens with zero attached hydrogens (tertiary/aromatic N) is 1. The molecule has 2 aromatic rings. The fourth-order valence-corrected chi connectivity index (χ4v) is 3.10. The first-order valence-electron chi connectivity index (χ1n) is 7.52. The number of benzene rings is 1. The highest BCUT2D eigenvalue weighted by Gasteiger charge is 2.19. The molecule has 0 radical (unpaired) electrons. The van der Waals surface area contributed by atoms with Gasteiger partial charge in [0.25, 0.3) is 0 Å². The lowest BCUT2D eigenvalue weighted by atomic mass is 9.79. The first-order valence-corrected chi connectivity index (χ1v) is 7.52. The molecule has 2 N–H and O–H groups in total. The van der Waals surface area contributed by atoms with Gasteiger partial charge in [-0.3, -0.25) is 5.10 Å². The summed E-state index contributed by atoms with van der Waals surface area (Å²) >= 11 is 0. The molecule has 1 aromatic carbocycles. The third-order valence-electron chi connectivity index (χ3n) is 4.50. The number of H-pyrrole nitrogens is 1. The Bertz CT molecular complexity index is 622. The third kappa shape index (κ3) is 2.99. The van der Waals surface area contributed by atoms with E-state index in [0.29, 0.717) is 11.6 Å². The molecule has 4 nitrogen and oxygen atoms in total. The molecule has 1 fully saturated rings. The Kier molecular flexibility index (Phi) is 3.78. The van der Waals surface area contributed by atoms with Crippen molar-refractivity contribution >= 4 is 5.97 Å². The van der Waals surface area contributed by atoms with E-state index in [1.165, 1.54) is 31.2 Å². The second kappa shape index (κ2) is 5.72. The predicted molar refractivity (Wildman–Crippen MR) is 81.4 cm³/mol. The lowest BCUT2D eigenvalue weighted by Gasteiger charge is -2.26. The van der Waals surface area contributed by atoms with E-state index in [0.717, 1.165) is 11.5 Å². The largest absolute Gasteiger partial charge is 0.477 e. The van der Waals surface area contributed by atoms with Gasteiger partial charge >= 0.3 is 5.97 Å². The Balaban J connectivity index is 1.75. The van der Waals surface area contributed by atoms with E-state index in [-0.39, 0.29) is 5.69 Å². The molecule has 0 saturated heterocycles. The molecule has 0 unspecified atom stereocenters. The minimum Gasteiger partial charge on any atom is -0.477 e. The quantitative estimate of drug-likeness (QED) is 0.893. The van der Waals surface area contributed by atoms with Crippen molar-refractivity contribution in [1.29, 1.82) is 0 Å². The molecule has 1 heterocycles. The van der Waals surface area contributed by atoms with Crippen LogP contribution in [0.15, 0.2) is 30.3 Å². The van der Waals surface area contributed by atoms with Gasteiger partial charge in [-0.15, -0.1) is 0 Å². The van der Waals surface area contributed by atoms with E-state index >= 15 is 0 Å². The van der Waals surface area contributed by atoms with Crippen molar-refractivity contribution in [2.45, 2.75) is 38.5 Å². The normalized spacial score (nSPS) is 22.1. The van der Waals surface area contributed by atoms with Gasteiger partial charge in [0.15, 0.2) is 0 Å². The molecular formula is C17H20N2O2. The summed E-state index contributed by atoms with van der Waals surface area (Å²) in [5.41, 5.74) is 3.14. The van der Waals surface area contributed by atoms with Gasteiger partial charge in [-0.2, -0.15) is 5.10 Å². The fourth-order valence-electron chi connectivity index (χ4n) is 3.10. The molecule has 0 atom stereocenters. The second-order valence-electron chi connectivity index (χ2n) is 6.05. The molecule has 21 heavy (non-hydrogen) atoms. The smallest absolute Gasteiger partial charge is 0.353 e. The molecule has 0 spiro atoms. The Morgan fingerprint density at radius 1 is 1.19 bits per heavy atom. The molecule has 1 aliphatic rings. The van der Waals surface area contributed by atoms with Crippen LogP contribution in [0.1, 0.15) is 54.6 Å². The maximum Gasteiger partial charge on any atom is 0.353 e. The summed E-state index contributed by atoms with van der Waals surface area (Å²) in [4.78, 5) is 10.9. The van der Waals surface area contributed by atoms with Gasteiger partial charge in [-0.1, -0.05) is 44.0 Å². The molecule has 110 valence electrons. The van der Waals surface area contributed by atoms with Gasteiger partial charge in [0.1, 0.15) is 5.69 Å². The first-order chi connectivity index (χ1) is 10.1. The van der Waals surface area contributed by atoms with E-state index in [1.54, 1.807) is 6.07 Å². The van der Waals surface area contributed by atoms with Crippen LogP contribution in [0.4, 0.5) is 0 Å². The van der Waals surface area contributed by atoms with E-state index in [9.17, 15) is 4.79 Å². The zero-order valence-corrected chi connectivity index (χ0v) is 12.2. The highest BCUT2D eigenvalue weighted by atomic mass is 16.4. The van der Waals surface area contributed by atoms with Crippen molar-refractivity contribution in [3.8, 4) is 11.3 Å². The minimum atomic E-state index is -0.985. The van der Waals surface area contributed by atoms with Crippen molar-refractivity contribution in [1.82, 2.24) is 10.2 Å². The molecule has 0 amide bonds. The fraction of sp³-hybridized carbons (Fsp3) is 0.412. The Hall–Kier alpha value is -2.10. The van der Waals surface area contributed by atoms with Crippen LogP contribution in [0.2, 0.25) is 0 Å². The van der Waals surface area contributed by atoms with Crippen molar-refractivity contribution in [3.05, 3.63) is 41.6 Å². The molecule has 1 aliphatic carbocycles. The summed E-state index contributed by atoms with van der Waals surface area (Å²) in [5, 5.41) is 15.5. The standard InChI is InChI=1S/C17H20N2O2/c1-11-2-4-12(5-3-11)13-6-8-14(9-7-13)15-10-16(17(20)21)19-18-15/h6-12H,2-5H2,1H3,(H,18,19)(H,20,21). The van der Waals surface area contributed by atoms with Crippen LogP contribution >= 0.6 is 0 Å². The van der Waals surface area contributed by atoms with E-state index in [1.807, 2.05) is 12.1 Å². The minimum absolute atomic E-state index is 0.121. The van der Waals surface area contributed by atoms with Gasteiger partial charge in [-0.05, 0) is 36.3 Å². The second-order valence-corrected chi connectivity index (χ2v) is 6.05. The molecule has 0 bridgehead atoms. The Morgan fingerprint density at radius 2 is 1.86 bits per heavy atom. The lowest BCUT2D eigenvalue weighted by Crippen LogP contribution is -2.10. The number of aromatic carboxylic acids is 1. The zero-order chi connectivity index (χ0) is 14.8. The molecule has 4 heteroatoms. The van der Waals surface area contributed by atoms with E-state index in [4.69, 9.17) is 5.11 Å². The molecule has 1 saturated carbocycles.